The van der Waals surface area contributed by atoms with Crippen molar-refractivity contribution in [2.75, 3.05) is 49.6 Å². The average Bonchev–Trinajstić information content (AvgIpc) is 3.33. The van der Waals surface area contributed by atoms with Crippen LogP contribution >= 0.6 is 0 Å². The zero-order chi connectivity index (χ0) is 29.2. The number of pyridine rings is 2. The Hall–Kier alpha value is -5.22. The second kappa shape index (κ2) is 11.3. The Labute approximate surface area is 243 Å². The molecule has 0 bridgehead atoms. The number of benzene rings is 2. The minimum absolute atomic E-state index is 0.0313. The highest BCUT2D eigenvalue weighted by atomic mass is 16.2. The molecule has 1 fully saturated rings. The summed E-state index contributed by atoms with van der Waals surface area (Å²) in [6, 6.07) is 21.9. The number of nitrogens with two attached hydrogens (primary N) is 1. The predicted molar refractivity (Wildman–Crippen MR) is 165 cm³/mol. The monoisotopic (exact) mass is 560 g/mol. The summed E-state index contributed by atoms with van der Waals surface area (Å²) in [4.78, 5) is 39.3. The summed E-state index contributed by atoms with van der Waals surface area (Å²) >= 11 is 0. The lowest BCUT2D eigenvalue weighted by Crippen LogP contribution is -2.47. The first-order valence-corrected chi connectivity index (χ1v) is 13.8. The van der Waals surface area contributed by atoms with Gasteiger partial charge in [0.1, 0.15) is 11.5 Å². The summed E-state index contributed by atoms with van der Waals surface area (Å²) in [5.74, 6) is 0.428. The fourth-order valence-electron chi connectivity index (χ4n) is 5.13. The van der Waals surface area contributed by atoms with E-state index in [0.717, 1.165) is 54.5 Å². The first-order valence-electron chi connectivity index (χ1n) is 13.8. The van der Waals surface area contributed by atoms with E-state index in [9.17, 15) is 9.59 Å². The molecular formula is C32H32N8O2. The number of aromatic nitrogens is 3. The zero-order valence-electron chi connectivity index (χ0n) is 23.5. The van der Waals surface area contributed by atoms with Crippen molar-refractivity contribution >= 4 is 40.3 Å². The summed E-state index contributed by atoms with van der Waals surface area (Å²) in [7, 11) is 2.07. The van der Waals surface area contributed by atoms with Crippen LogP contribution in [-0.2, 0) is 0 Å². The Morgan fingerprint density at radius 3 is 2.40 bits per heavy atom. The van der Waals surface area contributed by atoms with Crippen LogP contribution in [0.3, 0.4) is 0 Å². The number of imidazole rings is 1. The number of piperazine rings is 1. The molecule has 1 aliphatic heterocycles. The molecule has 42 heavy (non-hydrogen) atoms. The summed E-state index contributed by atoms with van der Waals surface area (Å²) in [5.41, 5.74) is 12.4. The molecular weight excluding hydrogens is 528 g/mol. The maximum absolute atomic E-state index is 13.3. The summed E-state index contributed by atoms with van der Waals surface area (Å²) < 4.78 is 1.98. The predicted octanol–water partition coefficient (Wildman–Crippen LogP) is 4.67. The Kier molecular flexibility index (Phi) is 7.28. The Morgan fingerprint density at radius 2 is 1.64 bits per heavy atom. The smallest absolute Gasteiger partial charge is 0.255 e. The van der Waals surface area contributed by atoms with Crippen LogP contribution in [0.4, 0.5) is 22.9 Å². The highest BCUT2D eigenvalue weighted by Crippen LogP contribution is 2.28. The lowest BCUT2D eigenvalue weighted by atomic mass is 10.1. The minimum Gasteiger partial charge on any atom is -0.397 e. The molecule has 0 radical (unpaired) electrons. The van der Waals surface area contributed by atoms with Crippen LogP contribution in [0.2, 0.25) is 0 Å². The molecule has 10 nitrogen and oxygen atoms in total. The number of hydrogen-bond acceptors (Lipinski definition) is 7. The highest BCUT2D eigenvalue weighted by Gasteiger charge is 2.22. The molecule has 0 atom stereocenters. The van der Waals surface area contributed by atoms with Crippen LogP contribution < -0.4 is 16.4 Å². The molecule has 2 amide bonds. The standard InChI is InChI=1S/C32H32N8O2/c1-21-30(40-20-24(9-12-29(40)35-21)32(42)39-17-15-38(2)16-18-39)23-13-14-34-28(19-23)36-25-10-7-22(8-11-25)31(41)37-27-6-4-3-5-26(27)33/h3-14,19-20H,15-18,33H2,1-2H3,(H,34,36)(H,37,41). The number of amides is 2. The lowest BCUT2D eigenvalue weighted by Gasteiger charge is -2.32. The summed E-state index contributed by atoms with van der Waals surface area (Å²) in [6.07, 6.45) is 3.62. The van der Waals surface area contributed by atoms with E-state index in [1.807, 2.05) is 71.0 Å². The first kappa shape index (κ1) is 27.0. The first-order chi connectivity index (χ1) is 20.4. The van der Waals surface area contributed by atoms with Gasteiger partial charge in [0.15, 0.2) is 0 Å². The molecule has 4 N–H and O–H groups in total. The molecule has 1 aliphatic rings. The number of nitrogen functional groups attached to an aromatic ring is 1. The van der Waals surface area contributed by atoms with E-state index in [-0.39, 0.29) is 11.8 Å². The molecule has 3 aromatic heterocycles. The SMILES string of the molecule is Cc1nc2ccc(C(=O)N3CCN(C)CC3)cn2c1-c1ccnc(Nc2ccc(C(=O)Nc3ccccc3N)cc2)c1. The van der Waals surface area contributed by atoms with Gasteiger partial charge in [0.2, 0.25) is 0 Å². The maximum atomic E-state index is 13.3. The van der Waals surface area contributed by atoms with Crippen molar-refractivity contribution in [3.8, 4) is 11.3 Å². The normalized spacial score (nSPS) is 13.7. The molecule has 2 aromatic carbocycles. The molecule has 0 unspecified atom stereocenters. The van der Waals surface area contributed by atoms with Crippen LogP contribution in [0.25, 0.3) is 16.9 Å². The molecule has 0 spiro atoms. The van der Waals surface area contributed by atoms with E-state index in [2.05, 4.69) is 27.6 Å². The van der Waals surface area contributed by atoms with Gasteiger partial charge in [-0.1, -0.05) is 12.1 Å². The summed E-state index contributed by atoms with van der Waals surface area (Å²) in [5, 5.41) is 6.16. The van der Waals surface area contributed by atoms with Gasteiger partial charge in [-0.2, -0.15) is 0 Å². The number of hydrogen-bond donors (Lipinski definition) is 3. The molecule has 10 heteroatoms. The van der Waals surface area contributed by atoms with Gasteiger partial charge in [0.25, 0.3) is 11.8 Å². The Bertz CT molecular complexity index is 1770. The number of likely N-dealkylation sites (N-methyl/N-ethyl adjacent to an activating group) is 1. The number of anilines is 4. The summed E-state index contributed by atoms with van der Waals surface area (Å²) in [6.45, 7) is 5.14. The number of nitrogens with one attached hydrogen (secondary N) is 2. The van der Waals surface area contributed by atoms with Gasteiger partial charge < -0.3 is 26.2 Å². The number of carbonyl (C=O) groups excluding carboxylic acids is 2. The van der Waals surface area contributed by atoms with Gasteiger partial charge in [-0.05, 0) is 74.6 Å². The second-order valence-corrected chi connectivity index (χ2v) is 10.5. The third-order valence-corrected chi connectivity index (χ3v) is 7.49. The van der Waals surface area contributed by atoms with Crippen LogP contribution in [0, 0.1) is 6.92 Å². The van der Waals surface area contributed by atoms with E-state index in [1.54, 1.807) is 30.5 Å². The molecule has 1 saturated heterocycles. The van der Waals surface area contributed by atoms with E-state index in [1.165, 1.54) is 0 Å². The van der Waals surface area contributed by atoms with Crippen molar-refractivity contribution in [2.24, 2.45) is 0 Å². The zero-order valence-corrected chi connectivity index (χ0v) is 23.5. The third-order valence-electron chi connectivity index (χ3n) is 7.49. The number of aryl methyl sites for hydroxylation is 1. The van der Waals surface area contributed by atoms with Crippen molar-refractivity contribution in [3.63, 3.8) is 0 Å². The van der Waals surface area contributed by atoms with Gasteiger partial charge in [-0.3, -0.25) is 14.0 Å². The van der Waals surface area contributed by atoms with Crippen molar-refractivity contribution in [2.45, 2.75) is 6.92 Å². The van der Waals surface area contributed by atoms with Crippen LogP contribution in [0.5, 0.6) is 0 Å². The van der Waals surface area contributed by atoms with Gasteiger partial charge in [0.05, 0.1) is 28.3 Å². The Morgan fingerprint density at radius 1 is 0.905 bits per heavy atom. The van der Waals surface area contributed by atoms with Crippen molar-refractivity contribution in [1.29, 1.82) is 0 Å². The van der Waals surface area contributed by atoms with Crippen LogP contribution in [-0.4, -0.2) is 69.2 Å². The highest BCUT2D eigenvalue weighted by molar-refractivity contribution is 6.05. The van der Waals surface area contributed by atoms with E-state index < -0.39 is 0 Å². The van der Waals surface area contributed by atoms with E-state index >= 15 is 0 Å². The average molecular weight is 561 g/mol. The molecule has 4 heterocycles. The molecule has 0 saturated carbocycles. The van der Waals surface area contributed by atoms with Crippen LogP contribution in [0.15, 0.2) is 85.2 Å². The lowest BCUT2D eigenvalue weighted by molar-refractivity contribution is 0.0663. The largest absolute Gasteiger partial charge is 0.397 e. The maximum Gasteiger partial charge on any atom is 0.255 e. The third kappa shape index (κ3) is 5.52. The fraction of sp³-hybridized carbons (Fsp3) is 0.188. The quantitative estimate of drug-likeness (QED) is 0.258. The van der Waals surface area contributed by atoms with Crippen molar-refractivity contribution < 1.29 is 9.59 Å². The second-order valence-electron chi connectivity index (χ2n) is 10.5. The van der Waals surface area contributed by atoms with Crippen molar-refractivity contribution in [3.05, 3.63) is 102 Å². The Balaban J connectivity index is 1.21. The molecule has 0 aliphatic carbocycles. The number of para-hydroxylation sites is 2. The van der Waals surface area contributed by atoms with Gasteiger partial charge in [0, 0.05) is 55.4 Å². The van der Waals surface area contributed by atoms with Gasteiger partial charge in [-0.15, -0.1) is 0 Å². The number of fused-ring (bicyclic) bond motifs is 1. The van der Waals surface area contributed by atoms with E-state index in [0.29, 0.717) is 28.3 Å². The number of nitrogens with zero attached hydrogens (tertiary/aromatic N) is 5. The van der Waals surface area contributed by atoms with Crippen molar-refractivity contribution in [1.82, 2.24) is 24.2 Å². The fourth-order valence-corrected chi connectivity index (χ4v) is 5.13. The minimum atomic E-state index is -0.242. The van der Waals surface area contributed by atoms with E-state index in [4.69, 9.17) is 10.7 Å². The number of carbonyl (C=O) groups is 2. The number of rotatable bonds is 6. The molecule has 212 valence electrons. The topological polar surface area (TPSA) is 121 Å². The van der Waals surface area contributed by atoms with Gasteiger partial charge >= 0.3 is 0 Å². The molecule has 5 aromatic rings. The van der Waals surface area contributed by atoms with Crippen LogP contribution in [0.1, 0.15) is 26.4 Å². The molecule has 6 rings (SSSR count). The van der Waals surface area contributed by atoms with Gasteiger partial charge in [-0.25, -0.2) is 9.97 Å².